The van der Waals surface area contributed by atoms with Crippen molar-refractivity contribution in [2.24, 2.45) is 0 Å². The van der Waals surface area contributed by atoms with Crippen LogP contribution in [0.1, 0.15) is 31.2 Å². The number of anilines is 1. The molecule has 1 aromatic rings. The number of pyridine rings is 1. The van der Waals surface area contributed by atoms with E-state index in [0.717, 1.165) is 12.1 Å². The van der Waals surface area contributed by atoms with E-state index < -0.39 is 0 Å². The highest BCUT2D eigenvalue weighted by Gasteiger charge is 2.24. The van der Waals surface area contributed by atoms with Crippen molar-refractivity contribution in [3.8, 4) is 0 Å². The van der Waals surface area contributed by atoms with Crippen molar-refractivity contribution in [3.05, 3.63) is 24.0 Å². The summed E-state index contributed by atoms with van der Waals surface area (Å²) in [5.74, 6) is 0. The second-order valence-corrected chi connectivity index (χ2v) is 4.50. The molecule has 1 fully saturated rings. The second-order valence-electron chi connectivity index (χ2n) is 4.50. The van der Waals surface area contributed by atoms with E-state index in [9.17, 15) is 0 Å². The monoisotopic (exact) mass is 220 g/mol. The van der Waals surface area contributed by atoms with Crippen LogP contribution >= 0.6 is 0 Å². The second kappa shape index (κ2) is 5.30. The Morgan fingerprint density at radius 3 is 2.94 bits per heavy atom. The lowest BCUT2D eigenvalue weighted by atomic mass is 9.92. The molecule has 16 heavy (non-hydrogen) atoms. The number of aromatic nitrogens is 1. The van der Waals surface area contributed by atoms with Crippen LogP contribution in [0.15, 0.2) is 18.5 Å². The fraction of sp³-hybridized carbons (Fsp3) is 0.615. The predicted octanol–water partition coefficient (Wildman–Crippen LogP) is 2.76. The SMILES string of the molecule is COC1CCCCC1Nc1cnccc1C. The zero-order valence-electron chi connectivity index (χ0n) is 10.1. The molecule has 0 aromatic carbocycles. The zero-order valence-corrected chi connectivity index (χ0v) is 10.1. The molecule has 0 aliphatic heterocycles. The maximum absolute atomic E-state index is 5.53. The van der Waals surface area contributed by atoms with Crippen molar-refractivity contribution in [3.63, 3.8) is 0 Å². The first-order valence-corrected chi connectivity index (χ1v) is 6.01. The third kappa shape index (κ3) is 2.53. The highest BCUT2D eigenvalue weighted by Crippen LogP contribution is 2.25. The summed E-state index contributed by atoms with van der Waals surface area (Å²) in [5.41, 5.74) is 2.38. The van der Waals surface area contributed by atoms with Gasteiger partial charge in [-0.3, -0.25) is 4.98 Å². The number of methoxy groups -OCH3 is 1. The molecule has 0 bridgehead atoms. The van der Waals surface area contributed by atoms with Gasteiger partial charge in [-0.15, -0.1) is 0 Å². The highest BCUT2D eigenvalue weighted by molar-refractivity contribution is 5.49. The van der Waals surface area contributed by atoms with Crippen LogP contribution in [0.5, 0.6) is 0 Å². The minimum absolute atomic E-state index is 0.341. The van der Waals surface area contributed by atoms with E-state index in [1.54, 1.807) is 7.11 Å². The average molecular weight is 220 g/mol. The van der Waals surface area contributed by atoms with Gasteiger partial charge in [0.05, 0.1) is 24.0 Å². The molecule has 3 nitrogen and oxygen atoms in total. The fourth-order valence-corrected chi connectivity index (χ4v) is 2.36. The minimum Gasteiger partial charge on any atom is -0.379 e. The van der Waals surface area contributed by atoms with Gasteiger partial charge < -0.3 is 10.1 Å². The Morgan fingerprint density at radius 1 is 1.38 bits per heavy atom. The lowest BCUT2D eigenvalue weighted by Crippen LogP contribution is -2.37. The van der Waals surface area contributed by atoms with Crippen LogP contribution in [0.25, 0.3) is 0 Å². The molecule has 1 aliphatic rings. The van der Waals surface area contributed by atoms with Crippen molar-refractivity contribution in [2.45, 2.75) is 44.8 Å². The third-order valence-corrected chi connectivity index (χ3v) is 3.39. The molecule has 0 saturated heterocycles. The summed E-state index contributed by atoms with van der Waals surface area (Å²) in [4.78, 5) is 4.16. The zero-order chi connectivity index (χ0) is 11.4. The lowest BCUT2D eigenvalue weighted by Gasteiger charge is -2.32. The Labute approximate surface area is 97.2 Å². The molecule has 1 N–H and O–H groups in total. The van der Waals surface area contributed by atoms with E-state index in [1.165, 1.54) is 24.8 Å². The van der Waals surface area contributed by atoms with Crippen LogP contribution < -0.4 is 5.32 Å². The number of nitrogens with one attached hydrogen (secondary N) is 1. The van der Waals surface area contributed by atoms with Gasteiger partial charge in [0.1, 0.15) is 0 Å². The molecular formula is C13H20N2O. The molecule has 0 spiro atoms. The van der Waals surface area contributed by atoms with Crippen LogP contribution in [0.3, 0.4) is 0 Å². The van der Waals surface area contributed by atoms with Gasteiger partial charge in [0.2, 0.25) is 0 Å². The first kappa shape index (κ1) is 11.4. The summed E-state index contributed by atoms with van der Waals surface area (Å²) in [5, 5.41) is 3.56. The molecule has 2 unspecified atom stereocenters. The maximum Gasteiger partial charge on any atom is 0.0772 e. The van der Waals surface area contributed by atoms with E-state index >= 15 is 0 Å². The van der Waals surface area contributed by atoms with Gasteiger partial charge in [-0.25, -0.2) is 0 Å². The van der Waals surface area contributed by atoms with Crippen molar-refractivity contribution < 1.29 is 4.74 Å². The van der Waals surface area contributed by atoms with Crippen LogP contribution in [-0.2, 0) is 4.74 Å². The van der Waals surface area contributed by atoms with E-state index in [2.05, 4.69) is 17.2 Å². The normalized spacial score (nSPS) is 25.4. The molecule has 88 valence electrons. The predicted molar refractivity (Wildman–Crippen MR) is 65.6 cm³/mol. The number of nitrogens with zero attached hydrogens (tertiary/aromatic N) is 1. The maximum atomic E-state index is 5.53. The van der Waals surface area contributed by atoms with Gasteiger partial charge in [0.15, 0.2) is 0 Å². The number of aryl methyl sites for hydroxylation is 1. The number of rotatable bonds is 3. The Hall–Kier alpha value is -1.09. The first-order valence-electron chi connectivity index (χ1n) is 6.01. The number of ether oxygens (including phenoxy) is 1. The fourth-order valence-electron chi connectivity index (χ4n) is 2.36. The highest BCUT2D eigenvalue weighted by atomic mass is 16.5. The van der Waals surface area contributed by atoms with E-state index in [0.29, 0.717) is 12.1 Å². The van der Waals surface area contributed by atoms with Crippen molar-refractivity contribution >= 4 is 5.69 Å². The van der Waals surface area contributed by atoms with Crippen LogP contribution in [0, 0.1) is 6.92 Å². The first-order chi connectivity index (χ1) is 7.81. The summed E-state index contributed by atoms with van der Waals surface area (Å²) in [7, 11) is 1.81. The molecule has 3 heteroatoms. The Morgan fingerprint density at radius 2 is 2.19 bits per heavy atom. The Balaban J connectivity index is 2.05. The summed E-state index contributed by atoms with van der Waals surface area (Å²) < 4.78 is 5.53. The van der Waals surface area contributed by atoms with Gasteiger partial charge in [0.25, 0.3) is 0 Å². The van der Waals surface area contributed by atoms with Crippen LogP contribution in [0.2, 0.25) is 0 Å². The van der Waals surface area contributed by atoms with E-state index in [-0.39, 0.29) is 0 Å². The summed E-state index contributed by atoms with van der Waals surface area (Å²) in [6.07, 6.45) is 8.99. The minimum atomic E-state index is 0.341. The van der Waals surface area contributed by atoms with Crippen LogP contribution in [0.4, 0.5) is 5.69 Å². The van der Waals surface area contributed by atoms with Crippen molar-refractivity contribution in [1.29, 1.82) is 0 Å². The summed E-state index contributed by atoms with van der Waals surface area (Å²) in [6, 6.07) is 2.47. The molecule has 1 aliphatic carbocycles. The largest absolute Gasteiger partial charge is 0.379 e. The number of hydrogen-bond acceptors (Lipinski definition) is 3. The topological polar surface area (TPSA) is 34.1 Å². The average Bonchev–Trinajstić information content (AvgIpc) is 2.33. The van der Waals surface area contributed by atoms with Crippen molar-refractivity contribution in [1.82, 2.24) is 4.98 Å². The Kier molecular flexibility index (Phi) is 3.78. The lowest BCUT2D eigenvalue weighted by molar-refractivity contribution is 0.0606. The molecule has 0 radical (unpaired) electrons. The molecular weight excluding hydrogens is 200 g/mol. The van der Waals surface area contributed by atoms with Gasteiger partial charge in [-0.05, 0) is 31.4 Å². The summed E-state index contributed by atoms with van der Waals surface area (Å²) in [6.45, 7) is 2.11. The smallest absolute Gasteiger partial charge is 0.0772 e. The third-order valence-electron chi connectivity index (χ3n) is 3.39. The molecule has 2 atom stereocenters. The molecule has 2 rings (SSSR count). The standard InChI is InChI=1S/C13H20N2O/c1-10-7-8-14-9-12(10)15-11-5-3-4-6-13(11)16-2/h7-9,11,13,15H,3-6H2,1-2H3. The molecule has 1 heterocycles. The van der Waals surface area contributed by atoms with Gasteiger partial charge >= 0.3 is 0 Å². The van der Waals surface area contributed by atoms with Gasteiger partial charge in [0, 0.05) is 13.3 Å². The van der Waals surface area contributed by atoms with E-state index in [4.69, 9.17) is 4.74 Å². The van der Waals surface area contributed by atoms with Gasteiger partial charge in [-0.2, -0.15) is 0 Å². The molecule has 0 amide bonds. The van der Waals surface area contributed by atoms with E-state index in [1.807, 2.05) is 18.5 Å². The molecule has 1 aromatic heterocycles. The summed E-state index contributed by atoms with van der Waals surface area (Å²) >= 11 is 0. The molecule has 1 saturated carbocycles. The van der Waals surface area contributed by atoms with Crippen LogP contribution in [-0.4, -0.2) is 24.2 Å². The van der Waals surface area contributed by atoms with Crippen molar-refractivity contribution in [2.75, 3.05) is 12.4 Å². The van der Waals surface area contributed by atoms with Gasteiger partial charge in [-0.1, -0.05) is 12.8 Å². The Bertz CT molecular complexity index is 340. The number of hydrogen-bond donors (Lipinski definition) is 1. The quantitative estimate of drug-likeness (QED) is 0.850.